The monoisotopic (exact) mass is 285 g/mol. The van der Waals surface area contributed by atoms with E-state index in [0.29, 0.717) is 6.54 Å². The number of anilines is 1. The molecule has 0 unspecified atom stereocenters. The van der Waals surface area contributed by atoms with Crippen molar-refractivity contribution in [3.05, 3.63) is 69.8 Å². The quantitative estimate of drug-likeness (QED) is 0.655. The maximum atomic E-state index is 10.6. The molecular formula is C16H19N3O2. The Labute approximate surface area is 124 Å². The first-order valence-electron chi connectivity index (χ1n) is 6.76. The molecule has 0 saturated heterocycles. The third-order valence-corrected chi connectivity index (χ3v) is 3.26. The van der Waals surface area contributed by atoms with Crippen molar-refractivity contribution in [2.75, 3.05) is 19.0 Å². The predicted molar refractivity (Wildman–Crippen MR) is 84.4 cm³/mol. The molecule has 1 N–H and O–H groups in total. The molecule has 21 heavy (non-hydrogen) atoms. The molecule has 2 aromatic carbocycles. The van der Waals surface area contributed by atoms with E-state index in [1.807, 2.05) is 14.1 Å². The van der Waals surface area contributed by atoms with Crippen LogP contribution in [-0.4, -0.2) is 19.0 Å². The second-order valence-corrected chi connectivity index (χ2v) is 5.09. The molecule has 0 aliphatic carbocycles. The van der Waals surface area contributed by atoms with Crippen LogP contribution in [0.15, 0.2) is 48.5 Å². The average Bonchev–Trinajstić information content (AvgIpc) is 2.48. The molecule has 2 aromatic rings. The smallest absolute Gasteiger partial charge is 0.269 e. The van der Waals surface area contributed by atoms with E-state index in [-0.39, 0.29) is 10.6 Å². The van der Waals surface area contributed by atoms with Gasteiger partial charge in [0, 0.05) is 45.0 Å². The normalized spacial score (nSPS) is 10.4. The largest absolute Gasteiger partial charge is 0.378 e. The molecule has 0 aliphatic rings. The predicted octanol–water partition coefficient (Wildman–Crippen LogP) is 2.95. The lowest BCUT2D eigenvalue weighted by Crippen LogP contribution is -2.13. The number of hydrogen-bond acceptors (Lipinski definition) is 4. The van der Waals surface area contributed by atoms with Crippen LogP contribution >= 0.6 is 0 Å². The first kappa shape index (κ1) is 15.0. The average molecular weight is 285 g/mol. The zero-order valence-corrected chi connectivity index (χ0v) is 12.2. The van der Waals surface area contributed by atoms with E-state index in [0.717, 1.165) is 12.1 Å². The van der Waals surface area contributed by atoms with Gasteiger partial charge >= 0.3 is 0 Å². The van der Waals surface area contributed by atoms with Crippen LogP contribution < -0.4 is 10.2 Å². The summed E-state index contributed by atoms with van der Waals surface area (Å²) in [6, 6.07) is 15.0. The Balaban J connectivity index is 1.85. The molecule has 0 saturated carbocycles. The Hall–Kier alpha value is -2.40. The second kappa shape index (κ2) is 6.85. The molecule has 5 nitrogen and oxygen atoms in total. The van der Waals surface area contributed by atoms with E-state index in [1.165, 1.54) is 23.4 Å². The standard InChI is InChI=1S/C16H19N3O2/c1-18(2)15-7-3-13(4-8-15)11-17-12-14-5-9-16(10-6-14)19(20)21/h3-10,17H,11-12H2,1-2H3. The number of rotatable bonds is 6. The Bertz CT molecular complexity index is 592. The van der Waals surface area contributed by atoms with Crippen LogP contribution in [0.4, 0.5) is 11.4 Å². The first-order chi connectivity index (χ1) is 10.1. The highest BCUT2D eigenvalue weighted by atomic mass is 16.6. The van der Waals surface area contributed by atoms with E-state index in [4.69, 9.17) is 0 Å². The molecule has 110 valence electrons. The zero-order valence-electron chi connectivity index (χ0n) is 12.2. The van der Waals surface area contributed by atoms with Crippen LogP contribution in [-0.2, 0) is 13.1 Å². The fraction of sp³-hybridized carbons (Fsp3) is 0.250. The Morgan fingerprint density at radius 1 is 0.952 bits per heavy atom. The van der Waals surface area contributed by atoms with Crippen LogP contribution in [0.1, 0.15) is 11.1 Å². The van der Waals surface area contributed by atoms with Gasteiger partial charge in [0.1, 0.15) is 0 Å². The van der Waals surface area contributed by atoms with Crippen molar-refractivity contribution in [1.82, 2.24) is 5.32 Å². The summed E-state index contributed by atoms with van der Waals surface area (Å²) in [6.07, 6.45) is 0. The molecule has 0 aromatic heterocycles. The topological polar surface area (TPSA) is 58.4 Å². The third kappa shape index (κ3) is 4.29. The minimum Gasteiger partial charge on any atom is -0.378 e. The Morgan fingerprint density at radius 3 is 1.86 bits per heavy atom. The van der Waals surface area contributed by atoms with Gasteiger partial charge in [-0.25, -0.2) is 0 Å². The summed E-state index contributed by atoms with van der Waals surface area (Å²) < 4.78 is 0. The highest BCUT2D eigenvalue weighted by Crippen LogP contribution is 2.13. The van der Waals surface area contributed by atoms with Gasteiger partial charge in [-0.2, -0.15) is 0 Å². The lowest BCUT2D eigenvalue weighted by molar-refractivity contribution is -0.384. The lowest BCUT2D eigenvalue weighted by atomic mass is 10.2. The summed E-state index contributed by atoms with van der Waals surface area (Å²) in [4.78, 5) is 12.3. The molecule has 2 rings (SSSR count). The summed E-state index contributed by atoms with van der Waals surface area (Å²) in [5.74, 6) is 0. The summed E-state index contributed by atoms with van der Waals surface area (Å²) in [5, 5.41) is 13.9. The minimum atomic E-state index is -0.385. The zero-order chi connectivity index (χ0) is 15.2. The van der Waals surface area contributed by atoms with Gasteiger partial charge in [0.2, 0.25) is 0 Å². The van der Waals surface area contributed by atoms with Crippen molar-refractivity contribution in [2.45, 2.75) is 13.1 Å². The molecular weight excluding hydrogens is 266 g/mol. The molecule has 0 radical (unpaired) electrons. The summed E-state index contributed by atoms with van der Waals surface area (Å²) in [7, 11) is 4.03. The van der Waals surface area contributed by atoms with Crippen LogP contribution in [0.2, 0.25) is 0 Å². The van der Waals surface area contributed by atoms with Crippen LogP contribution in [0.5, 0.6) is 0 Å². The van der Waals surface area contributed by atoms with Gasteiger partial charge in [0.25, 0.3) is 5.69 Å². The molecule has 0 spiro atoms. The number of benzene rings is 2. The summed E-state index contributed by atoms with van der Waals surface area (Å²) in [6.45, 7) is 1.46. The highest BCUT2D eigenvalue weighted by Gasteiger charge is 2.03. The van der Waals surface area contributed by atoms with Crippen molar-refractivity contribution in [2.24, 2.45) is 0 Å². The molecule has 5 heteroatoms. The SMILES string of the molecule is CN(C)c1ccc(CNCc2ccc([N+](=O)[O-])cc2)cc1. The van der Waals surface area contributed by atoms with E-state index < -0.39 is 0 Å². The Morgan fingerprint density at radius 2 is 1.43 bits per heavy atom. The number of hydrogen-bond donors (Lipinski definition) is 1. The number of non-ortho nitro benzene ring substituents is 1. The van der Waals surface area contributed by atoms with E-state index >= 15 is 0 Å². The van der Waals surface area contributed by atoms with Crippen LogP contribution in [0.25, 0.3) is 0 Å². The van der Waals surface area contributed by atoms with Gasteiger partial charge in [-0.05, 0) is 23.3 Å². The minimum absolute atomic E-state index is 0.123. The molecule has 0 heterocycles. The highest BCUT2D eigenvalue weighted by molar-refractivity contribution is 5.46. The molecule has 0 fully saturated rings. The van der Waals surface area contributed by atoms with Gasteiger partial charge in [0.05, 0.1) is 4.92 Å². The maximum Gasteiger partial charge on any atom is 0.269 e. The molecule has 0 bridgehead atoms. The summed E-state index contributed by atoms with van der Waals surface area (Å²) >= 11 is 0. The first-order valence-corrected chi connectivity index (χ1v) is 6.76. The molecule has 0 aliphatic heterocycles. The number of nitro benzene ring substituents is 1. The van der Waals surface area contributed by atoms with Crippen LogP contribution in [0.3, 0.4) is 0 Å². The van der Waals surface area contributed by atoms with E-state index in [9.17, 15) is 10.1 Å². The second-order valence-electron chi connectivity index (χ2n) is 5.09. The van der Waals surface area contributed by atoms with Gasteiger partial charge in [0.15, 0.2) is 0 Å². The molecule has 0 amide bonds. The van der Waals surface area contributed by atoms with E-state index in [2.05, 4.69) is 34.5 Å². The Kier molecular flexibility index (Phi) is 4.90. The van der Waals surface area contributed by atoms with Crippen molar-refractivity contribution in [1.29, 1.82) is 0 Å². The van der Waals surface area contributed by atoms with Crippen molar-refractivity contribution in [3.8, 4) is 0 Å². The van der Waals surface area contributed by atoms with Crippen molar-refractivity contribution < 1.29 is 4.92 Å². The number of nitrogens with one attached hydrogen (secondary N) is 1. The molecule has 0 atom stereocenters. The number of nitro groups is 1. The fourth-order valence-electron chi connectivity index (χ4n) is 2.00. The van der Waals surface area contributed by atoms with Gasteiger partial charge in [-0.3, -0.25) is 10.1 Å². The lowest BCUT2D eigenvalue weighted by Gasteiger charge is -2.13. The van der Waals surface area contributed by atoms with E-state index in [1.54, 1.807) is 12.1 Å². The number of nitrogens with zero attached hydrogens (tertiary/aromatic N) is 2. The third-order valence-electron chi connectivity index (χ3n) is 3.26. The van der Waals surface area contributed by atoms with Crippen LogP contribution in [0, 0.1) is 10.1 Å². The van der Waals surface area contributed by atoms with Gasteiger partial charge in [-0.15, -0.1) is 0 Å². The fourth-order valence-corrected chi connectivity index (χ4v) is 2.00. The maximum absolute atomic E-state index is 10.6. The van der Waals surface area contributed by atoms with Gasteiger partial charge in [-0.1, -0.05) is 24.3 Å². The summed E-state index contributed by atoms with van der Waals surface area (Å²) in [5.41, 5.74) is 3.54. The van der Waals surface area contributed by atoms with Gasteiger partial charge < -0.3 is 10.2 Å². The van der Waals surface area contributed by atoms with Crippen molar-refractivity contribution >= 4 is 11.4 Å². The van der Waals surface area contributed by atoms with Crippen molar-refractivity contribution in [3.63, 3.8) is 0 Å².